The molecule has 0 amide bonds. The zero-order valence-electron chi connectivity index (χ0n) is 13.8. The summed E-state index contributed by atoms with van der Waals surface area (Å²) in [5, 5.41) is 9.35. The number of rotatable bonds is 0. The van der Waals surface area contributed by atoms with Gasteiger partial charge in [0, 0.05) is 0 Å². The van der Waals surface area contributed by atoms with Gasteiger partial charge in [-0.2, -0.15) is 0 Å². The highest BCUT2D eigenvalue weighted by Gasteiger charge is 2.48. The maximum absolute atomic E-state index is 9.35. The lowest BCUT2D eigenvalue weighted by Gasteiger charge is -2.33. The minimum Gasteiger partial charge on any atom is -0.403 e. The van der Waals surface area contributed by atoms with Crippen LogP contribution in [0.4, 0.5) is 0 Å². The van der Waals surface area contributed by atoms with Crippen LogP contribution in [-0.4, -0.2) is 29.0 Å². The smallest absolute Gasteiger partial charge is 0.403 e. The van der Waals surface area contributed by atoms with Gasteiger partial charge >= 0.3 is 7.12 Å². The molecule has 1 saturated heterocycles. The van der Waals surface area contributed by atoms with Gasteiger partial charge in [-0.15, -0.1) is 0 Å². The quantitative estimate of drug-likeness (QED) is 0.676. The number of aliphatic hydroxyl groups is 1. The van der Waals surface area contributed by atoms with Gasteiger partial charge < -0.3 is 14.4 Å². The molecule has 0 atom stereocenters. The maximum atomic E-state index is 9.35. The minimum atomic E-state index is -0.562. The molecule has 108 valence electrons. The first-order chi connectivity index (χ1) is 7.60. The molecule has 0 aromatic carbocycles. The summed E-state index contributed by atoms with van der Waals surface area (Å²) in [7, 11) is -0.0648. The summed E-state index contributed by atoms with van der Waals surface area (Å²) in [6.07, 6.45) is 0. The van der Waals surface area contributed by atoms with Gasteiger partial charge in [-0.05, 0) is 53.8 Å². The molecule has 1 N–H and O–H groups in total. The molecular formula is C14H31BO3. The summed E-state index contributed by atoms with van der Waals surface area (Å²) in [4.78, 5) is 0. The Labute approximate surface area is 113 Å². The van der Waals surface area contributed by atoms with Gasteiger partial charge in [0.05, 0.1) is 16.8 Å². The first-order valence-corrected chi connectivity index (χ1v) is 6.68. The summed E-state index contributed by atoms with van der Waals surface area (Å²) < 4.78 is 11.1. The van der Waals surface area contributed by atoms with Crippen LogP contribution in [0, 0.1) is 5.41 Å². The molecule has 0 radical (unpaired) electrons. The highest BCUT2D eigenvalue weighted by atomic mass is 16.7. The molecule has 1 heterocycles. The molecular weight excluding hydrogens is 227 g/mol. The fourth-order valence-electron chi connectivity index (χ4n) is 1.14. The Bertz CT molecular complexity index is 244. The van der Waals surface area contributed by atoms with Gasteiger partial charge in [-0.3, -0.25) is 0 Å². The molecule has 0 unspecified atom stereocenters. The molecule has 4 heteroatoms. The zero-order chi connectivity index (χ0) is 15.0. The monoisotopic (exact) mass is 258 g/mol. The van der Waals surface area contributed by atoms with Crippen LogP contribution in [-0.2, 0) is 9.31 Å². The normalized spacial score (nSPS) is 22.5. The van der Waals surface area contributed by atoms with E-state index < -0.39 is 5.60 Å². The van der Waals surface area contributed by atoms with E-state index in [1.165, 1.54) is 0 Å². The van der Waals surface area contributed by atoms with Crippen LogP contribution in [0.1, 0.15) is 62.3 Å². The van der Waals surface area contributed by atoms with Crippen molar-refractivity contribution in [2.45, 2.75) is 85.9 Å². The fraction of sp³-hybridized carbons (Fsp3) is 1.00. The van der Waals surface area contributed by atoms with Crippen LogP contribution in [0.15, 0.2) is 0 Å². The van der Waals surface area contributed by atoms with Gasteiger partial charge in [0.1, 0.15) is 0 Å². The summed E-state index contributed by atoms with van der Waals surface area (Å²) in [5.41, 5.74) is -0.890. The van der Waals surface area contributed by atoms with Crippen molar-refractivity contribution in [3.63, 3.8) is 0 Å². The second-order valence-electron chi connectivity index (χ2n) is 7.63. The Morgan fingerprint density at radius 1 is 0.833 bits per heavy atom. The standard InChI is InChI=1S/C7H15BO2.C7H16O/c1-6(2)7(3,4)10-8(5)9-6;1-6(2,3)7(4,5)8/h1-5H3;8H,1-5H3. The second kappa shape index (κ2) is 5.14. The van der Waals surface area contributed by atoms with E-state index in [1.807, 2.05) is 41.4 Å². The van der Waals surface area contributed by atoms with Gasteiger partial charge in [-0.1, -0.05) is 20.8 Å². The van der Waals surface area contributed by atoms with Crippen LogP contribution in [0.3, 0.4) is 0 Å². The Morgan fingerprint density at radius 3 is 1.11 bits per heavy atom. The summed E-state index contributed by atoms with van der Waals surface area (Å²) in [6, 6.07) is 0. The molecule has 0 aromatic rings. The van der Waals surface area contributed by atoms with Gasteiger partial charge in [0.2, 0.25) is 0 Å². The molecule has 1 aliphatic rings. The molecule has 0 aliphatic carbocycles. The molecule has 18 heavy (non-hydrogen) atoms. The third kappa shape index (κ3) is 4.56. The van der Waals surface area contributed by atoms with Crippen molar-refractivity contribution in [2.75, 3.05) is 0 Å². The third-order valence-electron chi connectivity index (χ3n) is 4.21. The summed E-state index contributed by atoms with van der Waals surface area (Å²) >= 11 is 0. The van der Waals surface area contributed by atoms with Crippen molar-refractivity contribution in [1.29, 1.82) is 0 Å². The molecule has 3 nitrogen and oxygen atoms in total. The van der Waals surface area contributed by atoms with E-state index in [2.05, 4.69) is 27.7 Å². The van der Waals surface area contributed by atoms with Crippen LogP contribution < -0.4 is 0 Å². The van der Waals surface area contributed by atoms with Crippen molar-refractivity contribution in [3.8, 4) is 0 Å². The molecule has 1 aliphatic heterocycles. The first-order valence-electron chi connectivity index (χ1n) is 6.68. The van der Waals surface area contributed by atoms with Crippen molar-refractivity contribution in [1.82, 2.24) is 0 Å². The first kappa shape index (κ1) is 17.9. The van der Waals surface area contributed by atoms with Crippen molar-refractivity contribution >= 4 is 7.12 Å². The summed E-state index contributed by atoms with van der Waals surface area (Å²) in [5.74, 6) is 0. The minimum absolute atomic E-state index is 0.00694. The van der Waals surface area contributed by atoms with Crippen molar-refractivity contribution < 1.29 is 14.4 Å². The number of hydrogen-bond acceptors (Lipinski definition) is 3. The maximum Gasteiger partial charge on any atom is 0.454 e. The average Bonchev–Trinajstić information content (AvgIpc) is 2.13. The average molecular weight is 258 g/mol. The lowest BCUT2D eigenvalue weighted by molar-refractivity contribution is -0.0238. The van der Waals surface area contributed by atoms with Crippen LogP contribution in [0.2, 0.25) is 6.82 Å². The Morgan fingerprint density at radius 2 is 1.06 bits per heavy atom. The highest BCUT2D eigenvalue weighted by Crippen LogP contribution is 2.36. The van der Waals surface area contributed by atoms with Gasteiger partial charge in [0.25, 0.3) is 0 Å². The lowest BCUT2D eigenvalue weighted by atomic mass is 9.79. The van der Waals surface area contributed by atoms with E-state index in [-0.39, 0.29) is 23.7 Å². The van der Waals surface area contributed by atoms with E-state index in [9.17, 15) is 5.11 Å². The third-order valence-corrected chi connectivity index (χ3v) is 4.21. The van der Waals surface area contributed by atoms with Crippen molar-refractivity contribution in [2.24, 2.45) is 5.41 Å². The van der Waals surface area contributed by atoms with Crippen LogP contribution in [0.25, 0.3) is 0 Å². The van der Waals surface area contributed by atoms with E-state index in [1.54, 1.807) is 0 Å². The Hall–Kier alpha value is -0.0551. The molecule has 0 bridgehead atoms. The predicted octanol–water partition coefficient (Wildman–Crippen LogP) is 3.51. The molecule has 0 saturated carbocycles. The molecule has 1 fully saturated rings. The number of hydrogen-bond donors (Lipinski definition) is 1. The molecule has 0 aromatic heterocycles. The van der Waals surface area contributed by atoms with Crippen LogP contribution >= 0.6 is 0 Å². The van der Waals surface area contributed by atoms with E-state index in [0.717, 1.165) is 0 Å². The topological polar surface area (TPSA) is 38.7 Å². The molecule has 1 rings (SSSR count). The predicted molar refractivity (Wildman–Crippen MR) is 77.7 cm³/mol. The molecule has 0 spiro atoms. The summed E-state index contributed by atoms with van der Waals surface area (Å²) in [6.45, 7) is 19.9. The lowest BCUT2D eigenvalue weighted by Crippen LogP contribution is -2.41. The Balaban J connectivity index is 0.000000331. The van der Waals surface area contributed by atoms with Crippen LogP contribution in [0.5, 0.6) is 0 Å². The SMILES string of the molecule is CB1OC(C)(C)C(C)(C)O1.CC(C)(C)C(C)(C)O. The Kier molecular flexibility index (Phi) is 5.13. The van der Waals surface area contributed by atoms with E-state index in [0.29, 0.717) is 0 Å². The van der Waals surface area contributed by atoms with Crippen molar-refractivity contribution in [3.05, 3.63) is 0 Å². The van der Waals surface area contributed by atoms with Gasteiger partial charge in [-0.25, -0.2) is 0 Å². The van der Waals surface area contributed by atoms with Gasteiger partial charge in [0.15, 0.2) is 0 Å². The highest BCUT2D eigenvalue weighted by molar-refractivity contribution is 6.43. The second-order valence-corrected chi connectivity index (χ2v) is 7.63. The fourth-order valence-corrected chi connectivity index (χ4v) is 1.14. The largest absolute Gasteiger partial charge is 0.454 e. The zero-order valence-corrected chi connectivity index (χ0v) is 13.8. The van der Waals surface area contributed by atoms with E-state index >= 15 is 0 Å². The van der Waals surface area contributed by atoms with E-state index in [4.69, 9.17) is 9.31 Å².